The predicted octanol–water partition coefficient (Wildman–Crippen LogP) is -0.419. The summed E-state index contributed by atoms with van der Waals surface area (Å²) in [5, 5.41) is 12.5. The van der Waals surface area contributed by atoms with Crippen LogP contribution in [-0.2, 0) is 17.1 Å². The van der Waals surface area contributed by atoms with Crippen LogP contribution in [0.2, 0.25) is 0 Å². The second kappa shape index (κ2) is 5.77. The molecule has 0 saturated carbocycles. The minimum Gasteiger partial charge on any atom is -0.354 e. The minimum atomic E-state index is -3.58. The third kappa shape index (κ3) is 2.85. The van der Waals surface area contributed by atoms with E-state index in [-0.39, 0.29) is 11.1 Å². The number of aromatic nitrogens is 6. The third-order valence-electron chi connectivity index (χ3n) is 4.27. The fourth-order valence-corrected chi connectivity index (χ4v) is 4.07. The molecule has 10 nitrogen and oxygen atoms in total. The van der Waals surface area contributed by atoms with Gasteiger partial charge in [0.05, 0.1) is 0 Å². The largest absolute Gasteiger partial charge is 0.354 e. The molecule has 0 radical (unpaired) electrons. The molecule has 0 atom stereocenters. The van der Waals surface area contributed by atoms with Gasteiger partial charge < -0.3 is 9.47 Å². The van der Waals surface area contributed by atoms with Crippen LogP contribution in [0.25, 0.3) is 5.65 Å². The summed E-state index contributed by atoms with van der Waals surface area (Å²) in [5.74, 6) is 1.80. The number of rotatable bonds is 5. The van der Waals surface area contributed by atoms with E-state index < -0.39 is 10.0 Å². The fraction of sp³-hybridized carbons (Fsp3) is 0.429. The maximum Gasteiger partial charge on any atom is 0.274 e. The molecule has 1 fully saturated rings. The van der Waals surface area contributed by atoms with Gasteiger partial charge in [0.2, 0.25) is 5.16 Å². The smallest absolute Gasteiger partial charge is 0.274 e. The molecule has 1 aliphatic heterocycles. The number of fused-ring (bicyclic) bond motifs is 1. The van der Waals surface area contributed by atoms with Crippen molar-refractivity contribution < 1.29 is 8.42 Å². The molecule has 0 spiro atoms. The Morgan fingerprint density at radius 2 is 2.08 bits per heavy atom. The molecule has 3 aromatic rings. The number of nitrogens with one attached hydrogen (secondary N) is 1. The summed E-state index contributed by atoms with van der Waals surface area (Å²) in [6.45, 7) is 3.70. The van der Waals surface area contributed by atoms with Crippen LogP contribution >= 0.6 is 0 Å². The Morgan fingerprint density at radius 1 is 1.28 bits per heavy atom. The Bertz CT molecular complexity index is 1020. The van der Waals surface area contributed by atoms with Crippen LogP contribution in [0.5, 0.6) is 0 Å². The summed E-state index contributed by atoms with van der Waals surface area (Å²) in [7, 11) is -1.93. The van der Waals surface area contributed by atoms with Gasteiger partial charge in [-0.3, -0.25) is 0 Å². The van der Waals surface area contributed by atoms with Gasteiger partial charge in [-0.05, 0) is 19.1 Å². The van der Waals surface area contributed by atoms with Crippen molar-refractivity contribution in [3.63, 3.8) is 0 Å². The van der Waals surface area contributed by atoms with Crippen molar-refractivity contribution in [1.82, 2.24) is 34.1 Å². The SMILES string of the molecule is Cc1nnc2ccc(N3CC(CNS(=O)(=O)c4nccn4C)C3)nn12. The van der Waals surface area contributed by atoms with Crippen LogP contribution in [0.3, 0.4) is 0 Å². The third-order valence-corrected chi connectivity index (χ3v) is 5.69. The van der Waals surface area contributed by atoms with E-state index in [0.717, 1.165) is 24.7 Å². The van der Waals surface area contributed by atoms with Gasteiger partial charge in [0, 0.05) is 45.0 Å². The van der Waals surface area contributed by atoms with Crippen LogP contribution in [-0.4, -0.2) is 57.4 Å². The second-order valence-electron chi connectivity index (χ2n) is 6.15. The molecule has 1 aliphatic rings. The monoisotopic (exact) mass is 362 g/mol. The summed E-state index contributed by atoms with van der Waals surface area (Å²) in [6.07, 6.45) is 3.07. The molecule has 4 rings (SSSR count). The number of nitrogens with zero attached hydrogens (tertiary/aromatic N) is 7. The van der Waals surface area contributed by atoms with E-state index in [2.05, 4.69) is 29.9 Å². The summed E-state index contributed by atoms with van der Waals surface area (Å²) in [4.78, 5) is 5.98. The number of hydrogen-bond acceptors (Lipinski definition) is 7. The lowest BCUT2D eigenvalue weighted by Crippen LogP contribution is -2.52. The molecular weight excluding hydrogens is 344 g/mol. The van der Waals surface area contributed by atoms with Crippen LogP contribution < -0.4 is 9.62 Å². The standard InChI is InChI=1S/C14H18N8O2S/c1-10-17-18-12-3-4-13(19-22(10)12)21-8-11(9-21)7-16-25(23,24)14-15-5-6-20(14)2/h3-6,11,16H,7-9H2,1-2H3. The summed E-state index contributed by atoms with van der Waals surface area (Å²) in [6, 6.07) is 3.77. The van der Waals surface area contributed by atoms with Crippen molar-refractivity contribution in [2.45, 2.75) is 12.1 Å². The minimum absolute atomic E-state index is 0.0267. The number of aryl methyl sites for hydroxylation is 2. The molecule has 132 valence electrons. The van der Waals surface area contributed by atoms with Gasteiger partial charge >= 0.3 is 0 Å². The highest BCUT2D eigenvalue weighted by atomic mass is 32.2. The lowest BCUT2D eigenvalue weighted by atomic mass is 10.0. The van der Waals surface area contributed by atoms with E-state index in [1.807, 2.05) is 19.1 Å². The van der Waals surface area contributed by atoms with Crippen LogP contribution in [0.4, 0.5) is 5.82 Å². The zero-order valence-electron chi connectivity index (χ0n) is 13.9. The summed E-state index contributed by atoms with van der Waals surface area (Å²) >= 11 is 0. The fourth-order valence-electron chi connectivity index (χ4n) is 2.84. The van der Waals surface area contributed by atoms with Crippen molar-refractivity contribution in [3.8, 4) is 0 Å². The highest BCUT2D eigenvalue weighted by Gasteiger charge is 2.30. The van der Waals surface area contributed by atoms with Gasteiger partial charge in [-0.1, -0.05) is 0 Å². The highest BCUT2D eigenvalue weighted by Crippen LogP contribution is 2.22. The number of sulfonamides is 1. The molecule has 0 unspecified atom stereocenters. The van der Waals surface area contributed by atoms with Crippen molar-refractivity contribution in [3.05, 3.63) is 30.4 Å². The van der Waals surface area contributed by atoms with Gasteiger partial charge in [-0.2, -0.15) is 4.52 Å². The van der Waals surface area contributed by atoms with E-state index in [0.29, 0.717) is 12.2 Å². The second-order valence-corrected chi connectivity index (χ2v) is 7.81. The number of anilines is 1. The summed E-state index contributed by atoms with van der Waals surface area (Å²) < 4.78 is 30.3. The molecule has 3 aromatic heterocycles. The van der Waals surface area contributed by atoms with E-state index in [1.165, 1.54) is 10.8 Å². The molecule has 25 heavy (non-hydrogen) atoms. The average molecular weight is 362 g/mol. The normalized spacial score (nSPS) is 15.7. The van der Waals surface area contributed by atoms with Crippen molar-refractivity contribution in [2.24, 2.45) is 13.0 Å². The first-order chi connectivity index (χ1) is 11.9. The van der Waals surface area contributed by atoms with Gasteiger partial charge in [-0.25, -0.2) is 18.1 Å². The van der Waals surface area contributed by atoms with E-state index in [1.54, 1.807) is 17.8 Å². The maximum absolute atomic E-state index is 12.2. The molecule has 0 bridgehead atoms. The first-order valence-corrected chi connectivity index (χ1v) is 9.33. The quantitative estimate of drug-likeness (QED) is 0.656. The van der Waals surface area contributed by atoms with Crippen molar-refractivity contribution in [2.75, 3.05) is 24.5 Å². The average Bonchev–Trinajstić information content (AvgIpc) is 3.12. The first-order valence-electron chi connectivity index (χ1n) is 7.85. The van der Waals surface area contributed by atoms with Crippen LogP contribution in [0.15, 0.2) is 29.7 Å². The summed E-state index contributed by atoms with van der Waals surface area (Å²) in [5.41, 5.74) is 0.709. The zero-order valence-corrected chi connectivity index (χ0v) is 14.7. The molecular formula is C14H18N8O2S. The molecule has 0 amide bonds. The molecule has 0 aromatic carbocycles. The molecule has 4 heterocycles. The maximum atomic E-state index is 12.2. The van der Waals surface area contributed by atoms with Crippen molar-refractivity contribution >= 4 is 21.5 Å². The molecule has 11 heteroatoms. The van der Waals surface area contributed by atoms with E-state index in [9.17, 15) is 8.42 Å². The zero-order chi connectivity index (χ0) is 17.6. The molecule has 1 saturated heterocycles. The Kier molecular flexibility index (Phi) is 3.69. The lowest BCUT2D eigenvalue weighted by Gasteiger charge is -2.40. The van der Waals surface area contributed by atoms with E-state index >= 15 is 0 Å². The first kappa shape index (κ1) is 16.0. The lowest BCUT2D eigenvalue weighted by molar-refractivity contribution is 0.401. The van der Waals surface area contributed by atoms with Crippen molar-refractivity contribution in [1.29, 1.82) is 0 Å². The van der Waals surface area contributed by atoms with Gasteiger partial charge in [0.15, 0.2) is 11.5 Å². The Balaban J connectivity index is 1.37. The number of imidazole rings is 1. The van der Waals surface area contributed by atoms with Gasteiger partial charge in [0.1, 0.15) is 5.82 Å². The van der Waals surface area contributed by atoms with Crippen LogP contribution in [0.1, 0.15) is 5.82 Å². The molecule has 1 N–H and O–H groups in total. The predicted molar refractivity (Wildman–Crippen MR) is 89.6 cm³/mol. The highest BCUT2D eigenvalue weighted by molar-refractivity contribution is 7.89. The number of hydrogen-bond donors (Lipinski definition) is 1. The Labute approximate surface area is 144 Å². The van der Waals surface area contributed by atoms with Crippen LogP contribution in [0, 0.1) is 12.8 Å². The molecule has 0 aliphatic carbocycles. The van der Waals surface area contributed by atoms with Gasteiger partial charge in [0.25, 0.3) is 10.0 Å². The Morgan fingerprint density at radius 3 is 2.80 bits per heavy atom. The topological polar surface area (TPSA) is 110 Å². The van der Waals surface area contributed by atoms with Gasteiger partial charge in [-0.15, -0.1) is 15.3 Å². The Hall–Kier alpha value is -2.53. The van der Waals surface area contributed by atoms with E-state index in [4.69, 9.17) is 0 Å².